The minimum Gasteiger partial charge on any atom is -0.322 e. The van der Waals surface area contributed by atoms with Crippen LogP contribution in [0.3, 0.4) is 0 Å². The van der Waals surface area contributed by atoms with Crippen LogP contribution < -0.4 is 5.32 Å². The lowest BCUT2D eigenvalue weighted by Crippen LogP contribution is -2.36. The van der Waals surface area contributed by atoms with Crippen LogP contribution in [0.1, 0.15) is 34.0 Å². The molecule has 0 unspecified atom stereocenters. The quantitative estimate of drug-likeness (QED) is 0.643. The Hall–Kier alpha value is -3.03. The molecule has 3 aromatic carbocycles. The number of nitrogens with zero attached hydrogens (tertiary/aromatic N) is 1. The number of hydrogen-bond donors (Lipinski definition) is 1. The molecule has 0 bridgehead atoms. The Balaban J connectivity index is 1.58. The zero-order valence-corrected chi connectivity index (χ0v) is 18.0. The van der Waals surface area contributed by atoms with Gasteiger partial charge in [0.05, 0.1) is 10.5 Å². The summed E-state index contributed by atoms with van der Waals surface area (Å²) in [6.45, 7) is 2.61. The van der Waals surface area contributed by atoms with Gasteiger partial charge in [-0.1, -0.05) is 43.3 Å². The molecular weight excluding hydrogens is 415 g/mol. The molecule has 0 saturated carbocycles. The van der Waals surface area contributed by atoms with E-state index in [0.717, 1.165) is 35.2 Å². The molecule has 1 amide bonds. The summed E-state index contributed by atoms with van der Waals surface area (Å²) in [5.41, 5.74) is 3.40. The summed E-state index contributed by atoms with van der Waals surface area (Å²) >= 11 is 0. The second-order valence-electron chi connectivity index (χ2n) is 7.50. The van der Waals surface area contributed by atoms with Crippen molar-refractivity contribution in [3.63, 3.8) is 0 Å². The highest BCUT2D eigenvalue weighted by atomic mass is 32.2. The molecule has 0 saturated heterocycles. The Kier molecular flexibility index (Phi) is 5.89. The molecule has 5 nitrogen and oxygen atoms in total. The number of amides is 1. The van der Waals surface area contributed by atoms with E-state index in [4.69, 9.17) is 0 Å². The molecule has 1 heterocycles. The molecule has 1 aliphatic heterocycles. The fourth-order valence-corrected chi connectivity index (χ4v) is 5.13. The molecule has 31 heavy (non-hydrogen) atoms. The first-order valence-electron chi connectivity index (χ1n) is 10.2. The van der Waals surface area contributed by atoms with E-state index in [9.17, 15) is 17.6 Å². The molecule has 0 aliphatic carbocycles. The SMILES string of the molecule is CCc1ccc(NC(=O)c2cc(S(=O)(=O)N3CCc4ccccc4C3)ccc2F)cc1. The maximum atomic E-state index is 14.4. The maximum Gasteiger partial charge on any atom is 0.258 e. The van der Waals surface area contributed by atoms with Crippen LogP contribution in [0, 0.1) is 5.82 Å². The van der Waals surface area contributed by atoms with Gasteiger partial charge in [-0.15, -0.1) is 0 Å². The van der Waals surface area contributed by atoms with E-state index >= 15 is 0 Å². The summed E-state index contributed by atoms with van der Waals surface area (Å²) < 4.78 is 42.1. The molecule has 3 aromatic rings. The van der Waals surface area contributed by atoms with Crippen molar-refractivity contribution < 1.29 is 17.6 Å². The van der Waals surface area contributed by atoms with Gasteiger partial charge in [-0.05, 0) is 59.9 Å². The van der Waals surface area contributed by atoms with E-state index < -0.39 is 21.7 Å². The van der Waals surface area contributed by atoms with Gasteiger partial charge in [0.15, 0.2) is 0 Å². The number of carbonyl (C=O) groups excluding carboxylic acids is 1. The average Bonchev–Trinajstić information content (AvgIpc) is 2.79. The molecule has 1 N–H and O–H groups in total. The van der Waals surface area contributed by atoms with Gasteiger partial charge in [-0.2, -0.15) is 4.31 Å². The number of aryl methyl sites for hydroxylation is 1. The number of hydrogen-bond acceptors (Lipinski definition) is 3. The van der Waals surface area contributed by atoms with Gasteiger partial charge >= 0.3 is 0 Å². The topological polar surface area (TPSA) is 66.5 Å². The fourth-order valence-electron chi connectivity index (χ4n) is 3.69. The zero-order chi connectivity index (χ0) is 22.0. The summed E-state index contributed by atoms with van der Waals surface area (Å²) in [7, 11) is -3.87. The second-order valence-corrected chi connectivity index (χ2v) is 9.44. The van der Waals surface area contributed by atoms with Crippen molar-refractivity contribution in [2.24, 2.45) is 0 Å². The third-order valence-corrected chi connectivity index (χ3v) is 7.38. The number of carbonyl (C=O) groups is 1. The van der Waals surface area contributed by atoms with E-state index in [1.54, 1.807) is 12.1 Å². The van der Waals surface area contributed by atoms with Crippen LogP contribution in [-0.2, 0) is 29.4 Å². The highest BCUT2D eigenvalue weighted by Gasteiger charge is 2.29. The lowest BCUT2D eigenvalue weighted by molar-refractivity contribution is 0.102. The number of anilines is 1. The number of sulfonamides is 1. The lowest BCUT2D eigenvalue weighted by Gasteiger charge is -2.28. The number of fused-ring (bicyclic) bond motifs is 1. The number of nitrogens with one attached hydrogen (secondary N) is 1. The van der Waals surface area contributed by atoms with Crippen molar-refractivity contribution in [2.75, 3.05) is 11.9 Å². The van der Waals surface area contributed by atoms with Crippen LogP contribution in [0.25, 0.3) is 0 Å². The van der Waals surface area contributed by atoms with Crippen LogP contribution in [0.2, 0.25) is 0 Å². The molecule has 0 fully saturated rings. The first kappa shape index (κ1) is 21.2. The van der Waals surface area contributed by atoms with E-state index in [1.165, 1.54) is 10.4 Å². The number of rotatable bonds is 5. The van der Waals surface area contributed by atoms with Crippen LogP contribution in [0.4, 0.5) is 10.1 Å². The van der Waals surface area contributed by atoms with Gasteiger partial charge < -0.3 is 5.32 Å². The van der Waals surface area contributed by atoms with Crippen LogP contribution in [0.15, 0.2) is 71.6 Å². The van der Waals surface area contributed by atoms with Gasteiger partial charge in [0.1, 0.15) is 5.82 Å². The van der Waals surface area contributed by atoms with Crippen molar-refractivity contribution in [1.29, 1.82) is 0 Å². The molecule has 0 spiro atoms. The Bertz CT molecular complexity index is 1220. The summed E-state index contributed by atoms with van der Waals surface area (Å²) in [4.78, 5) is 12.6. The van der Waals surface area contributed by atoms with Gasteiger partial charge in [0, 0.05) is 18.8 Å². The smallest absolute Gasteiger partial charge is 0.258 e. The van der Waals surface area contributed by atoms with Crippen molar-refractivity contribution in [3.05, 3.63) is 94.8 Å². The second kappa shape index (κ2) is 8.61. The van der Waals surface area contributed by atoms with Gasteiger partial charge in [-0.25, -0.2) is 12.8 Å². The van der Waals surface area contributed by atoms with Crippen LogP contribution in [0.5, 0.6) is 0 Å². The summed E-state index contributed by atoms with van der Waals surface area (Å²) in [5, 5.41) is 2.63. The fraction of sp³-hybridized carbons (Fsp3) is 0.208. The van der Waals surface area contributed by atoms with Crippen molar-refractivity contribution >= 4 is 21.6 Å². The maximum absolute atomic E-state index is 14.4. The number of benzene rings is 3. The van der Waals surface area contributed by atoms with Crippen LogP contribution in [-0.4, -0.2) is 25.2 Å². The monoisotopic (exact) mass is 438 g/mol. The van der Waals surface area contributed by atoms with Gasteiger partial charge in [0.25, 0.3) is 5.91 Å². The van der Waals surface area contributed by atoms with E-state index in [0.29, 0.717) is 18.7 Å². The first-order chi connectivity index (χ1) is 14.9. The van der Waals surface area contributed by atoms with Crippen molar-refractivity contribution in [2.45, 2.75) is 31.2 Å². The predicted octanol–water partition coefficient (Wildman–Crippen LogP) is 4.39. The van der Waals surface area contributed by atoms with E-state index in [1.807, 2.05) is 43.3 Å². The van der Waals surface area contributed by atoms with Crippen molar-refractivity contribution in [1.82, 2.24) is 4.31 Å². The highest BCUT2D eigenvalue weighted by Crippen LogP contribution is 2.26. The Morgan fingerprint density at radius 1 is 1.03 bits per heavy atom. The Morgan fingerprint density at radius 3 is 2.45 bits per heavy atom. The third-order valence-electron chi connectivity index (χ3n) is 5.54. The van der Waals surface area contributed by atoms with Gasteiger partial charge in [0.2, 0.25) is 10.0 Å². The van der Waals surface area contributed by atoms with Crippen LogP contribution >= 0.6 is 0 Å². The summed E-state index contributed by atoms with van der Waals surface area (Å²) in [5.74, 6) is -1.46. The Labute approximate surface area is 181 Å². The molecular formula is C24H23FN2O3S. The van der Waals surface area contributed by atoms with Crippen molar-refractivity contribution in [3.8, 4) is 0 Å². The molecule has 7 heteroatoms. The first-order valence-corrected chi connectivity index (χ1v) is 11.6. The minimum absolute atomic E-state index is 0.0974. The summed E-state index contributed by atoms with van der Waals surface area (Å²) in [6.07, 6.45) is 1.47. The predicted molar refractivity (Wildman–Crippen MR) is 118 cm³/mol. The van der Waals surface area contributed by atoms with E-state index in [-0.39, 0.29) is 17.0 Å². The highest BCUT2D eigenvalue weighted by molar-refractivity contribution is 7.89. The molecule has 4 rings (SSSR count). The third kappa shape index (κ3) is 4.38. The Morgan fingerprint density at radius 2 is 1.74 bits per heavy atom. The largest absolute Gasteiger partial charge is 0.322 e. The van der Waals surface area contributed by atoms with E-state index in [2.05, 4.69) is 5.32 Å². The molecule has 0 radical (unpaired) electrons. The molecule has 0 aromatic heterocycles. The number of halogens is 1. The normalized spacial score (nSPS) is 14.1. The lowest BCUT2D eigenvalue weighted by atomic mass is 10.0. The van der Waals surface area contributed by atoms with Gasteiger partial charge in [-0.3, -0.25) is 4.79 Å². The minimum atomic E-state index is -3.87. The molecule has 160 valence electrons. The standard InChI is InChI=1S/C24H23FN2O3S/c1-2-17-7-9-20(10-8-17)26-24(28)22-15-21(11-12-23(22)25)31(29,30)27-14-13-18-5-3-4-6-19(18)16-27/h3-12,15H,2,13-14,16H2,1H3,(H,26,28). The summed E-state index contributed by atoms with van der Waals surface area (Å²) in [6, 6.07) is 18.3. The average molecular weight is 439 g/mol. The molecule has 1 aliphatic rings. The zero-order valence-electron chi connectivity index (χ0n) is 17.1. The molecule has 0 atom stereocenters.